The number of hydrogen-bond donors (Lipinski definition) is 1. The van der Waals surface area contributed by atoms with E-state index < -0.39 is 6.23 Å². The Morgan fingerprint density at radius 2 is 1.86 bits per heavy atom. The van der Waals surface area contributed by atoms with E-state index in [4.69, 9.17) is 4.74 Å². The summed E-state index contributed by atoms with van der Waals surface area (Å²) in [4.78, 5) is 11.8. The lowest BCUT2D eigenvalue weighted by Crippen LogP contribution is -2.10. The summed E-state index contributed by atoms with van der Waals surface area (Å²) in [6, 6.07) is 15.8. The summed E-state index contributed by atoms with van der Waals surface area (Å²) in [5, 5.41) is 3.27. The van der Waals surface area contributed by atoms with Gasteiger partial charge in [0.2, 0.25) is 6.23 Å². The van der Waals surface area contributed by atoms with Crippen LogP contribution in [0.1, 0.15) is 47.5 Å². The molecular weight excluding hydrogens is 262 g/mol. The summed E-state index contributed by atoms with van der Waals surface area (Å²) in [6.07, 6.45) is 3.13. The van der Waals surface area contributed by atoms with Crippen molar-refractivity contribution in [1.29, 1.82) is 0 Å². The van der Waals surface area contributed by atoms with E-state index in [1.54, 1.807) is 6.07 Å². The molecule has 1 aliphatic rings. The number of hydrogen-bond acceptors (Lipinski definition) is 3. The molecule has 0 saturated heterocycles. The minimum Gasteiger partial charge on any atom is -0.434 e. The van der Waals surface area contributed by atoms with Crippen LogP contribution in [0.2, 0.25) is 0 Å². The summed E-state index contributed by atoms with van der Waals surface area (Å²) in [6.45, 7) is 2.20. The van der Waals surface area contributed by atoms with Gasteiger partial charge in [0.05, 0.1) is 5.56 Å². The number of rotatable bonds is 5. The number of ether oxygens (including phenoxy) is 1. The van der Waals surface area contributed by atoms with Gasteiger partial charge in [0.1, 0.15) is 0 Å². The Kier molecular flexibility index (Phi) is 3.91. The molecule has 0 fully saturated rings. The van der Waals surface area contributed by atoms with Gasteiger partial charge in [-0.15, -0.1) is 0 Å². The first-order chi connectivity index (χ1) is 10.3. The first-order valence-electron chi connectivity index (χ1n) is 7.43. The highest BCUT2D eigenvalue weighted by atomic mass is 16.6. The molecular formula is C18H19NO2. The maximum atomic E-state index is 11.8. The fraction of sp³-hybridized carbons (Fsp3) is 0.278. The third-order valence-corrected chi connectivity index (χ3v) is 3.76. The molecule has 0 unspecified atom stereocenters. The van der Waals surface area contributed by atoms with Crippen LogP contribution >= 0.6 is 0 Å². The molecule has 3 nitrogen and oxygen atoms in total. The molecule has 1 N–H and O–H groups in total. The number of anilines is 1. The predicted molar refractivity (Wildman–Crippen MR) is 83.3 cm³/mol. The number of carbonyl (C=O) groups is 1. The monoisotopic (exact) mass is 281 g/mol. The number of fused-ring (bicyclic) bond motifs is 1. The summed E-state index contributed by atoms with van der Waals surface area (Å²) in [5.74, 6) is -0.261. The highest BCUT2D eigenvalue weighted by Gasteiger charge is 2.30. The molecule has 21 heavy (non-hydrogen) atoms. The molecule has 1 aliphatic heterocycles. The van der Waals surface area contributed by atoms with Crippen molar-refractivity contribution in [2.45, 2.75) is 32.4 Å². The minimum atomic E-state index is -0.393. The average molecular weight is 281 g/mol. The first-order valence-corrected chi connectivity index (χ1v) is 7.43. The number of nitrogens with one attached hydrogen (secondary N) is 1. The van der Waals surface area contributed by atoms with E-state index in [0.29, 0.717) is 5.56 Å². The van der Waals surface area contributed by atoms with E-state index in [9.17, 15) is 4.79 Å². The molecule has 0 bridgehead atoms. The number of esters is 1. The second-order valence-electron chi connectivity index (χ2n) is 5.32. The molecule has 1 heterocycles. The van der Waals surface area contributed by atoms with E-state index in [0.717, 1.165) is 17.7 Å². The van der Waals surface area contributed by atoms with Gasteiger partial charge in [0.15, 0.2) is 0 Å². The predicted octanol–water partition coefficient (Wildman–Crippen LogP) is 4.31. The third-order valence-electron chi connectivity index (χ3n) is 3.76. The molecule has 0 aliphatic carbocycles. The number of cyclic esters (lactones) is 1. The molecule has 0 amide bonds. The van der Waals surface area contributed by atoms with Crippen LogP contribution in [0.25, 0.3) is 0 Å². The smallest absolute Gasteiger partial charge is 0.340 e. The van der Waals surface area contributed by atoms with Crippen LogP contribution in [0.5, 0.6) is 0 Å². The summed E-state index contributed by atoms with van der Waals surface area (Å²) in [5.41, 5.74) is 3.85. The zero-order valence-corrected chi connectivity index (χ0v) is 12.1. The zero-order chi connectivity index (χ0) is 14.7. The lowest BCUT2D eigenvalue weighted by Gasteiger charge is -2.14. The Labute approximate surface area is 124 Å². The SMILES string of the molecule is CCCCc1ccc(N[C@@H]2OC(=O)c3ccccc32)cc1. The highest BCUT2D eigenvalue weighted by Crippen LogP contribution is 2.31. The molecule has 108 valence electrons. The Morgan fingerprint density at radius 1 is 1.10 bits per heavy atom. The van der Waals surface area contributed by atoms with Crippen molar-refractivity contribution < 1.29 is 9.53 Å². The summed E-state index contributed by atoms with van der Waals surface area (Å²) >= 11 is 0. The average Bonchev–Trinajstić information content (AvgIpc) is 2.83. The van der Waals surface area contributed by atoms with Crippen molar-refractivity contribution in [2.75, 3.05) is 5.32 Å². The van der Waals surface area contributed by atoms with Gasteiger partial charge >= 0.3 is 5.97 Å². The second kappa shape index (κ2) is 6.00. The van der Waals surface area contributed by atoms with Crippen molar-refractivity contribution in [2.24, 2.45) is 0 Å². The van der Waals surface area contributed by atoms with Gasteiger partial charge in [-0.25, -0.2) is 4.79 Å². The highest BCUT2D eigenvalue weighted by molar-refractivity contribution is 5.94. The number of carbonyl (C=O) groups excluding carboxylic acids is 1. The fourth-order valence-electron chi connectivity index (χ4n) is 2.55. The standard InChI is InChI=1S/C18H19NO2/c1-2-3-6-13-9-11-14(12-10-13)19-17-15-7-4-5-8-16(15)18(20)21-17/h4-5,7-12,17,19H,2-3,6H2,1H3/t17-/m1/s1. The Bertz CT molecular complexity index is 634. The molecule has 2 aromatic rings. The fourth-order valence-corrected chi connectivity index (χ4v) is 2.55. The largest absolute Gasteiger partial charge is 0.434 e. The van der Waals surface area contributed by atoms with Crippen LogP contribution in [0.15, 0.2) is 48.5 Å². The number of unbranched alkanes of at least 4 members (excludes halogenated alkanes) is 1. The maximum absolute atomic E-state index is 11.8. The maximum Gasteiger partial charge on any atom is 0.340 e. The minimum absolute atomic E-state index is 0.261. The van der Waals surface area contributed by atoms with E-state index >= 15 is 0 Å². The van der Waals surface area contributed by atoms with Crippen molar-refractivity contribution in [3.8, 4) is 0 Å². The van der Waals surface area contributed by atoms with E-state index in [-0.39, 0.29) is 5.97 Å². The van der Waals surface area contributed by atoms with E-state index in [1.807, 2.05) is 30.3 Å². The van der Waals surface area contributed by atoms with Gasteiger partial charge in [-0.05, 0) is 36.6 Å². The van der Waals surface area contributed by atoms with Crippen LogP contribution in [0, 0.1) is 0 Å². The molecule has 3 rings (SSSR count). The molecule has 1 atom stereocenters. The van der Waals surface area contributed by atoms with Crippen LogP contribution in [-0.4, -0.2) is 5.97 Å². The molecule has 0 saturated carbocycles. The molecule has 0 radical (unpaired) electrons. The number of aryl methyl sites for hydroxylation is 1. The van der Waals surface area contributed by atoms with Gasteiger partial charge < -0.3 is 10.1 Å². The van der Waals surface area contributed by atoms with Crippen LogP contribution in [0.3, 0.4) is 0 Å². The Morgan fingerprint density at radius 3 is 2.62 bits per heavy atom. The lowest BCUT2D eigenvalue weighted by molar-refractivity contribution is 0.0437. The van der Waals surface area contributed by atoms with E-state index in [1.165, 1.54) is 18.4 Å². The zero-order valence-electron chi connectivity index (χ0n) is 12.1. The van der Waals surface area contributed by atoms with Crippen LogP contribution < -0.4 is 5.32 Å². The van der Waals surface area contributed by atoms with Crippen molar-refractivity contribution in [3.63, 3.8) is 0 Å². The summed E-state index contributed by atoms with van der Waals surface area (Å²) in [7, 11) is 0. The molecule has 0 spiro atoms. The van der Waals surface area contributed by atoms with Gasteiger partial charge in [-0.2, -0.15) is 0 Å². The second-order valence-corrected chi connectivity index (χ2v) is 5.32. The van der Waals surface area contributed by atoms with Crippen LogP contribution in [-0.2, 0) is 11.2 Å². The molecule has 0 aromatic heterocycles. The Hall–Kier alpha value is -2.29. The van der Waals surface area contributed by atoms with Crippen molar-refractivity contribution in [3.05, 3.63) is 65.2 Å². The molecule has 3 heteroatoms. The van der Waals surface area contributed by atoms with Crippen LogP contribution in [0.4, 0.5) is 5.69 Å². The van der Waals surface area contributed by atoms with Gasteiger partial charge in [0, 0.05) is 11.3 Å². The van der Waals surface area contributed by atoms with Crippen molar-refractivity contribution >= 4 is 11.7 Å². The Balaban J connectivity index is 1.71. The third kappa shape index (κ3) is 2.92. The normalized spacial score (nSPS) is 16.4. The number of benzene rings is 2. The topological polar surface area (TPSA) is 38.3 Å². The summed E-state index contributed by atoms with van der Waals surface area (Å²) < 4.78 is 5.38. The first kappa shape index (κ1) is 13.7. The van der Waals surface area contributed by atoms with Gasteiger partial charge in [0.25, 0.3) is 0 Å². The lowest BCUT2D eigenvalue weighted by atomic mass is 10.1. The quantitative estimate of drug-likeness (QED) is 0.830. The molecule has 2 aromatic carbocycles. The van der Waals surface area contributed by atoms with Gasteiger partial charge in [-0.1, -0.05) is 43.7 Å². The van der Waals surface area contributed by atoms with Crippen molar-refractivity contribution in [1.82, 2.24) is 0 Å². The van der Waals surface area contributed by atoms with E-state index in [2.05, 4.69) is 24.4 Å². The van der Waals surface area contributed by atoms with Gasteiger partial charge in [-0.3, -0.25) is 0 Å².